The minimum atomic E-state index is -1.25. The first-order valence-corrected chi connectivity index (χ1v) is 14.0. The Morgan fingerprint density at radius 2 is 1.26 bits per heavy atom. The zero-order chi connectivity index (χ0) is 18.5. The molecule has 3 aromatic carbocycles. The molecule has 136 valence electrons. The van der Waals surface area contributed by atoms with E-state index >= 15 is 0 Å². The molecule has 0 radical (unpaired) electrons. The van der Waals surface area contributed by atoms with Gasteiger partial charge in [0, 0.05) is 24.5 Å². The standard InChI is InChI=1S/C24H21IS2/c25-27(22-12-6-2-7-13-22,23-14-8-3-9-15-23)24-18-16-21(17-19-24)26-20-10-4-1-5-11-20/h1-2,4-8,10-19H,3,9H2. The van der Waals surface area contributed by atoms with Gasteiger partial charge in [0.1, 0.15) is 0 Å². The van der Waals surface area contributed by atoms with Gasteiger partial charge >= 0.3 is 0 Å². The summed E-state index contributed by atoms with van der Waals surface area (Å²) in [5.74, 6) is 0. The smallest absolute Gasteiger partial charge is 0.0123 e. The van der Waals surface area contributed by atoms with Gasteiger partial charge in [0.2, 0.25) is 0 Å². The molecule has 3 aromatic rings. The van der Waals surface area contributed by atoms with Crippen molar-refractivity contribution in [1.29, 1.82) is 0 Å². The van der Waals surface area contributed by atoms with E-state index in [-0.39, 0.29) is 0 Å². The van der Waals surface area contributed by atoms with Crippen LogP contribution in [0.4, 0.5) is 0 Å². The molecular formula is C24H21IS2. The SMILES string of the molecule is IS(C1=CCCC=C1)(c1ccccc1)c1ccc(Sc2ccccc2)cc1. The van der Waals surface area contributed by atoms with Crippen LogP contribution in [0.25, 0.3) is 0 Å². The minimum Gasteiger partial charge on any atom is -0.106 e. The molecule has 0 aliphatic heterocycles. The first-order chi connectivity index (χ1) is 13.3. The molecule has 0 heterocycles. The molecule has 4 rings (SSSR count). The quantitative estimate of drug-likeness (QED) is 0.316. The molecule has 0 saturated carbocycles. The Bertz CT molecular complexity index is 947. The van der Waals surface area contributed by atoms with Crippen molar-refractivity contribution in [3.05, 3.63) is 108 Å². The van der Waals surface area contributed by atoms with Crippen LogP contribution in [0.1, 0.15) is 12.8 Å². The third-order valence-corrected chi connectivity index (χ3v) is 12.9. The lowest BCUT2D eigenvalue weighted by Crippen LogP contribution is -1.99. The Morgan fingerprint density at radius 1 is 0.667 bits per heavy atom. The minimum absolute atomic E-state index is 1.14. The Labute approximate surface area is 179 Å². The fourth-order valence-corrected chi connectivity index (χ4v) is 9.20. The Balaban J connectivity index is 1.70. The number of hydrogen-bond acceptors (Lipinski definition) is 1. The summed E-state index contributed by atoms with van der Waals surface area (Å²) < 4.78 is 0. The summed E-state index contributed by atoms with van der Waals surface area (Å²) in [5.41, 5.74) is 0. The molecule has 0 spiro atoms. The lowest BCUT2D eigenvalue weighted by Gasteiger charge is -2.37. The maximum absolute atomic E-state index is 2.72. The van der Waals surface area contributed by atoms with E-state index in [1.54, 1.807) is 0 Å². The monoisotopic (exact) mass is 500 g/mol. The van der Waals surface area contributed by atoms with Crippen molar-refractivity contribution >= 4 is 40.2 Å². The first-order valence-electron chi connectivity index (χ1n) is 9.04. The van der Waals surface area contributed by atoms with Gasteiger partial charge in [-0.25, -0.2) is 0 Å². The van der Waals surface area contributed by atoms with E-state index in [1.807, 2.05) is 11.8 Å². The van der Waals surface area contributed by atoms with Crippen molar-refractivity contribution in [2.24, 2.45) is 0 Å². The van der Waals surface area contributed by atoms with Crippen LogP contribution in [0.15, 0.2) is 128 Å². The zero-order valence-electron chi connectivity index (χ0n) is 14.9. The second-order valence-corrected chi connectivity index (χ2v) is 13.9. The van der Waals surface area contributed by atoms with Gasteiger partial charge in [0.05, 0.1) is 0 Å². The summed E-state index contributed by atoms with van der Waals surface area (Å²) in [6.45, 7) is 0. The summed E-state index contributed by atoms with van der Waals surface area (Å²) in [5, 5.41) is 0. The Morgan fingerprint density at radius 3 is 1.89 bits per heavy atom. The highest BCUT2D eigenvalue weighted by Crippen LogP contribution is 2.75. The predicted octanol–water partition coefficient (Wildman–Crippen LogP) is 8.64. The molecule has 0 nitrogen and oxygen atoms in total. The average molecular weight is 500 g/mol. The van der Waals surface area contributed by atoms with Gasteiger partial charge in [-0.2, -0.15) is 0 Å². The Kier molecular flexibility index (Phi) is 6.11. The van der Waals surface area contributed by atoms with Gasteiger partial charge in [0.25, 0.3) is 0 Å². The van der Waals surface area contributed by atoms with Crippen molar-refractivity contribution < 1.29 is 0 Å². The first kappa shape index (κ1) is 18.9. The lowest BCUT2D eigenvalue weighted by atomic mass is 10.2. The van der Waals surface area contributed by atoms with Crippen LogP contribution < -0.4 is 0 Å². The molecule has 3 heteroatoms. The van der Waals surface area contributed by atoms with E-state index in [1.165, 1.54) is 24.5 Å². The summed E-state index contributed by atoms with van der Waals surface area (Å²) in [4.78, 5) is 6.84. The maximum atomic E-state index is 2.72. The number of rotatable bonds is 5. The lowest BCUT2D eigenvalue weighted by molar-refractivity contribution is 1.03. The Hall–Kier alpha value is -1.43. The van der Waals surface area contributed by atoms with Crippen molar-refractivity contribution in [2.75, 3.05) is 0 Å². The fourth-order valence-electron chi connectivity index (χ4n) is 3.13. The predicted molar refractivity (Wildman–Crippen MR) is 128 cm³/mol. The summed E-state index contributed by atoms with van der Waals surface area (Å²) in [6.07, 6.45) is 9.38. The van der Waals surface area contributed by atoms with E-state index in [0.29, 0.717) is 0 Å². The van der Waals surface area contributed by atoms with Gasteiger partial charge in [0.15, 0.2) is 0 Å². The van der Waals surface area contributed by atoms with Crippen LogP contribution in [0.2, 0.25) is 0 Å². The highest BCUT2D eigenvalue weighted by atomic mass is 127. The molecule has 1 aliphatic rings. The molecule has 0 aromatic heterocycles. The van der Waals surface area contributed by atoms with Gasteiger partial charge in [-0.1, -0.05) is 66.4 Å². The van der Waals surface area contributed by atoms with Crippen molar-refractivity contribution in [1.82, 2.24) is 0 Å². The maximum Gasteiger partial charge on any atom is 0.0123 e. The van der Waals surface area contributed by atoms with E-state index in [0.717, 1.165) is 12.8 Å². The largest absolute Gasteiger partial charge is 0.106 e. The van der Waals surface area contributed by atoms with Crippen LogP contribution in [0.3, 0.4) is 0 Å². The zero-order valence-corrected chi connectivity index (χ0v) is 18.7. The molecule has 27 heavy (non-hydrogen) atoms. The second-order valence-electron chi connectivity index (χ2n) is 6.32. The molecule has 0 fully saturated rings. The number of allylic oxidation sites excluding steroid dienone is 3. The van der Waals surface area contributed by atoms with Crippen LogP contribution in [-0.4, -0.2) is 0 Å². The third-order valence-electron chi connectivity index (χ3n) is 4.48. The highest BCUT2D eigenvalue weighted by molar-refractivity contribution is 14.2. The summed E-state index contributed by atoms with van der Waals surface area (Å²) in [6, 6.07) is 30.7. The molecular weight excluding hydrogens is 479 g/mol. The van der Waals surface area contributed by atoms with E-state index in [2.05, 4.69) is 124 Å². The van der Waals surface area contributed by atoms with Gasteiger partial charge in [-0.05, 0) is 82.6 Å². The van der Waals surface area contributed by atoms with E-state index in [9.17, 15) is 0 Å². The molecule has 1 aliphatic carbocycles. The van der Waals surface area contributed by atoms with Crippen molar-refractivity contribution in [3.8, 4) is 0 Å². The van der Waals surface area contributed by atoms with Crippen LogP contribution in [-0.2, 0) is 0 Å². The summed E-state index contributed by atoms with van der Waals surface area (Å²) in [7, 11) is -1.25. The molecule has 0 amide bonds. The van der Waals surface area contributed by atoms with E-state index in [4.69, 9.17) is 0 Å². The normalized spacial score (nSPS) is 17.0. The summed E-state index contributed by atoms with van der Waals surface area (Å²) >= 11 is 4.53. The number of halogens is 1. The average Bonchev–Trinajstić information content (AvgIpc) is 2.76. The molecule has 1 unspecified atom stereocenters. The van der Waals surface area contributed by atoms with Gasteiger partial charge < -0.3 is 0 Å². The van der Waals surface area contributed by atoms with Crippen molar-refractivity contribution in [2.45, 2.75) is 32.4 Å². The molecule has 1 atom stereocenters. The van der Waals surface area contributed by atoms with Gasteiger partial charge in [-0.3, -0.25) is 0 Å². The van der Waals surface area contributed by atoms with Crippen LogP contribution >= 0.6 is 40.2 Å². The van der Waals surface area contributed by atoms with E-state index < -0.39 is 7.20 Å². The second kappa shape index (κ2) is 8.72. The number of benzene rings is 3. The molecule has 0 bridgehead atoms. The highest BCUT2D eigenvalue weighted by Gasteiger charge is 2.29. The van der Waals surface area contributed by atoms with Crippen LogP contribution in [0, 0.1) is 0 Å². The van der Waals surface area contributed by atoms with Gasteiger partial charge in [-0.15, -0.1) is 7.20 Å². The number of hydrogen-bond donors (Lipinski definition) is 0. The van der Waals surface area contributed by atoms with Crippen LogP contribution in [0.5, 0.6) is 0 Å². The third kappa shape index (κ3) is 4.20. The molecule has 0 N–H and O–H groups in total. The van der Waals surface area contributed by atoms with Crippen molar-refractivity contribution in [3.63, 3.8) is 0 Å². The topological polar surface area (TPSA) is 0 Å². The molecule has 0 saturated heterocycles. The fraction of sp³-hybridized carbons (Fsp3) is 0.0833.